The van der Waals surface area contributed by atoms with Gasteiger partial charge in [0.2, 0.25) is 11.8 Å². The minimum Gasteiger partial charge on any atom is -0.508 e. The maximum Gasteiger partial charge on any atom is 0.255 e. The van der Waals surface area contributed by atoms with Crippen molar-refractivity contribution in [2.24, 2.45) is 0 Å². The number of fused-ring (bicyclic) bond motifs is 2. The number of ether oxygens (including phenoxy) is 1. The summed E-state index contributed by atoms with van der Waals surface area (Å²) in [7, 11) is 0. The molecule has 0 bridgehead atoms. The van der Waals surface area contributed by atoms with Crippen molar-refractivity contribution in [3.63, 3.8) is 0 Å². The summed E-state index contributed by atoms with van der Waals surface area (Å²) in [4.78, 5) is 42.4. The molecule has 1 unspecified atom stereocenters. The fourth-order valence-corrected chi connectivity index (χ4v) is 7.89. The Labute approximate surface area is 320 Å². The first kappa shape index (κ1) is 35.6. The number of aromatic nitrogens is 1. The van der Waals surface area contributed by atoms with Gasteiger partial charge in [-0.25, -0.2) is 0 Å². The summed E-state index contributed by atoms with van der Waals surface area (Å²) in [6.07, 6.45) is 4.25. The molecule has 1 aromatic heterocycles. The number of piperidine rings is 1. The molecule has 3 heterocycles. The van der Waals surface area contributed by atoms with Crippen LogP contribution in [-0.2, 0) is 22.6 Å². The van der Waals surface area contributed by atoms with Crippen LogP contribution in [0.15, 0.2) is 121 Å². The Hall–Kier alpha value is -6.41. The third kappa shape index (κ3) is 7.53. The van der Waals surface area contributed by atoms with Crippen LogP contribution in [0.2, 0.25) is 0 Å². The minimum atomic E-state index is -0.622. The normalized spacial score (nSPS) is 15.9. The molecule has 0 aliphatic carbocycles. The van der Waals surface area contributed by atoms with Crippen LogP contribution >= 0.6 is 0 Å². The van der Waals surface area contributed by atoms with Crippen LogP contribution in [0.1, 0.15) is 77.3 Å². The van der Waals surface area contributed by atoms with Gasteiger partial charge < -0.3 is 19.7 Å². The molecular weight excluding hydrogens is 687 g/mol. The second kappa shape index (κ2) is 15.5. The molecule has 8 heteroatoms. The first-order valence-electron chi connectivity index (χ1n) is 19.1. The first-order valence-corrected chi connectivity index (χ1v) is 19.1. The standard InChI is InChI=1S/C47H43N3O5/c1-2-40(30-8-4-3-5-9-30)45(31-11-17-38(51)18-12-31)32-13-19-39(20-14-32)55-25-7-6-10-37-28-35-26-34(16-22-42(35)48-37)33-15-21-41-36(27-33)29-50(47(41)54)43-23-24-44(52)49-46(43)53/h3-5,8-9,11-22,26-28,43,48,51H,2,6-7,10,23-25,29H2,1H3,(H,49,52,53). The van der Waals surface area contributed by atoms with Gasteiger partial charge in [-0.3, -0.25) is 19.7 Å². The van der Waals surface area contributed by atoms with E-state index in [1.165, 1.54) is 16.8 Å². The number of nitrogens with one attached hydrogen (secondary N) is 2. The van der Waals surface area contributed by atoms with E-state index in [0.717, 1.165) is 75.7 Å². The van der Waals surface area contributed by atoms with Gasteiger partial charge in [-0.15, -0.1) is 0 Å². The number of carbonyl (C=O) groups is 3. The van der Waals surface area contributed by atoms with Crippen molar-refractivity contribution >= 4 is 39.8 Å². The summed E-state index contributed by atoms with van der Waals surface area (Å²) in [6.45, 7) is 3.15. The van der Waals surface area contributed by atoms with Crippen molar-refractivity contribution in [3.05, 3.63) is 155 Å². The third-order valence-corrected chi connectivity index (χ3v) is 10.7. The highest BCUT2D eigenvalue weighted by molar-refractivity contribution is 6.05. The molecule has 1 saturated heterocycles. The number of aromatic hydroxyl groups is 1. The lowest BCUT2D eigenvalue weighted by Crippen LogP contribution is -2.52. The van der Waals surface area contributed by atoms with E-state index in [0.29, 0.717) is 25.1 Å². The molecule has 6 aromatic rings. The van der Waals surface area contributed by atoms with E-state index in [4.69, 9.17) is 4.74 Å². The summed E-state index contributed by atoms with van der Waals surface area (Å²) in [5, 5.41) is 13.4. The number of benzene rings is 5. The van der Waals surface area contributed by atoms with Crippen LogP contribution in [0.5, 0.6) is 11.5 Å². The monoisotopic (exact) mass is 729 g/mol. The fourth-order valence-electron chi connectivity index (χ4n) is 7.89. The number of H-pyrrole nitrogens is 1. The summed E-state index contributed by atoms with van der Waals surface area (Å²) in [5.41, 5.74) is 11.6. The van der Waals surface area contributed by atoms with E-state index >= 15 is 0 Å². The van der Waals surface area contributed by atoms with Gasteiger partial charge in [-0.05, 0) is 131 Å². The van der Waals surface area contributed by atoms with Gasteiger partial charge in [0.1, 0.15) is 17.5 Å². The zero-order chi connectivity index (χ0) is 37.9. The second-order valence-corrected chi connectivity index (χ2v) is 14.3. The molecular formula is C47H43N3O5. The summed E-state index contributed by atoms with van der Waals surface area (Å²) >= 11 is 0. The van der Waals surface area contributed by atoms with Gasteiger partial charge >= 0.3 is 0 Å². The molecule has 5 aromatic carbocycles. The Morgan fingerprint density at radius 1 is 0.800 bits per heavy atom. The maximum absolute atomic E-state index is 13.1. The van der Waals surface area contributed by atoms with Gasteiger partial charge in [0.05, 0.1) is 6.61 Å². The van der Waals surface area contributed by atoms with Gasteiger partial charge in [0.15, 0.2) is 0 Å². The lowest BCUT2D eigenvalue weighted by atomic mass is 9.88. The largest absolute Gasteiger partial charge is 0.508 e. The van der Waals surface area contributed by atoms with E-state index < -0.39 is 11.9 Å². The lowest BCUT2D eigenvalue weighted by molar-refractivity contribution is -0.136. The SMILES string of the molecule is CCC(=C(c1ccc(O)cc1)c1ccc(OCCCCc2cc3cc(-c4ccc5c(c4)CN(C4CCC(=O)NC4=O)C5=O)ccc3[nH]2)cc1)c1ccccc1. The molecule has 2 aliphatic heterocycles. The van der Waals surface area contributed by atoms with Crippen molar-refractivity contribution in [3.8, 4) is 22.6 Å². The lowest BCUT2D eigenvalue weighted by Gasteiger charge is -2.29. The number of hydrogen-bond donors (Lipinski definition) is 3. The predicted octanol–water partition coefficient (Wildman–Crippen LogP) is 9.07. The Bertz CT molecular complexity index is 2410. The highest BCUT2D eigenvalue weighted by Crippen LogP contribution is 2.36. The number of aromatic amines is 1. The Morgan fingerprint density at radius 3 is 2.27 bits per heavy atom. The summed E-state index contributed by atoms with van der Waals surface area (Å²) in [6, 6.07) is 40.0. The number of unbranched alkanes of at least 4 members (excludes halogenated alkanes) is 1. The summed E-state index contributed by atoms with van der Waals surface area (Å²) < 4.78 is 6.17. The Balaban J connectivity index is 0.878. The molecule has 0 saturated carbocycles. The number of phenols is 1. The Kier molecular flexibility index (Phi) is 10.0. The Morgan fingerprint density at radius 2 is 1.53 bits per heavy atom. The molecule has 276 valence electrons. The van der Waals surface area contributed by atoms with E-state index in [1.54, 1.807) is 17.0 Å². The molecule has 3 N–H and O–H groups in total. The molecule has 1 fully saturated rings. The van der Waals surface area contributed by atoms with Crippen LogP contribution in [0.25, 0.3) is 33.2 Å². The molecule has 8 nitrogen and oxygen atoms in total. The van der Waals surface area contributed by atoms with Crippen LogP contribution in [0, 0.1) is 0 Å². The van der Waals surface area contributed by atoms with Crippen LogP contribution in [0.4, 0.5) is 0 Å². The van der Waals surface area contributed by atoms with Crippen molar-refractivity contribution in [1.29, 1.82) is 0 Å². The van der Waals surface area contributed by atoms with E-state index in [2.05, 4.69) is 77.9 Å². The molecule has 0 spiro atoms. The number of amides is 3. The van der Waals surface area contributed by atoms with Gasteiger partial charge in [0, 0.05) is 35.1 Å². The number of aryl methyl sites for hydroxylation is 1. The molecule has 0 radical (unpaired) electrons. The van der Waals surface area contributed by atoms with Crippen molar-refractivity contribution in [1.82, 2.24) is 15.2 Å². The van der Waals surface area contributed by atoms with Crippen molar-refractivity contribution in [2.45, 2.75) is 58.0 Å². The average Bonchev–Trinajstić information content (AvgIpc) is 3.77. The smallest absolute Gasteiger partial charge is 0.255 e. The molecule has 1 atom stereocenters. The zero-order valence-electron chi connectivity index (χ0n) is 30.8. The fraction of sp³-hybridized carbons (Fsp3) is 0.213. The first-order chi connectivity index (χ1) is 26.8. The van der Waals surface area contributed by atoms with Gasteiger partial charge in [-0.2, -0.15) is 0 Å². The van der Waals surface area contributed by atoms with E-state index in [1.807, 2.05) is 48.5 Å². The minimum absolute atomic E-state index is 0.164. The maximum atomic E-state index is 13.1. The molecule has 55 heavy (non-hydrogen) atoms. The highest BCUT2D eigenvalue weighted by atomic mass is 16.5. The quantitative estimate of drug-likeness (QED) is 0.0661. The second-order valence-electron chi connectivity index (χ2n) is 14.3. The summed E-state index contributed by atoms with van der Waals surface area (Å²) in [5.74, 6) is 0.235. The zero-order valence-corrected chi connectivity index (χ0v) is 30.8. The number of imide groups is 1. The number of rotatable bonds is 12. The van der Waals surface area contributed by atoms with Crippen molar-refractivity contribution in [2.75, 3.05) is 6.61 Å². The topological polar surface area (TPSA) is 112 Å². The van der Waals surface area contributed by atoms with E-state index in [-0.39, 0.29) is 24.0 Å². The van der Waals surface area contributed by atoms with Crippen LogP contribution in [0.3, 0.4) is 0 Å². The van der Waals surface area contributed by atoms with E-state index in [9.17, 15) is 19.5 Å². The van der Waals surface area contributed by atoms with Gasteiger partial charge in [0.25, 0.3) is 5.91 Å². The van der Waals surface area contributed by atoms with Crippen LogP contribution < -0.4 is 10.1 Å². The van der Waals surface area contributed by atoms with Crippen LogP contribution in [-0.4, -0.2) is 45.4 Å². The predicted molar refractivity (Wildman–Crippen MR) is 215 cm³/mol. The van der Waals surface area contributed by atoms with Crippen molar-refractivity contribution < 1.29 is 24.2 Å². The molecule has 2 aliphatic rings. The molecule has 8 rings (SSSR count). The van der Waals surface area contributed by atoms with Gasteiger partial charge in [-0.1, -0.05) is 73.7 Å². The average molecular weight is 730 g/mol. The number of carbonyl (C=O) groups excluding carboxylic acids is 3. The number of hydrogen-bond acceptors (Lipinski definition) is 5. The molecule has 3 amide bonds. The number of allylic oxidation sites excluding steroid dienone is 1. The third-order valence-electron chi connectivity index (χ3n) is 10.7. The number of nitrogens with zero attached hydrogens (tertiary/aromatic N) is 1. The number of phenolic OH excluding ortho intramolecular Hbond substituents is 1. The highest BCUT2D eigenvalue weighted by Gasteiger charge is 2.39.